The Labute approximate surface area is 116 Å². The van der Waals surface area contributed by atoms with Gasteiger partial charge in [-0.1, -0.05) is 13.8 Å². The maximum Gasteiger partial charge on any atom is 0.226 e. The van der Waals surface area contributed by atoms with Crippen LogP contribution in [0.3, 0.4) is 0 Å². The highest BCUT2D eigenvalue weighted by Crippen LogP contribution is 2.22. The summed E-state index contributed by atoms with van der Waals surface area (Å²) in [6.07, 6.45) is 1.69. The minimum atomic E-state index is 0.156. The van der Waals surface area contributed by atoms with Crippen LogP contribution in [-0.2, 0) is 4.74 Å². The van der Waals surface area contributed by atoms with E-state index in [1.165, 1.54) is 0 Å². The molecule has 0 aromatic carbocycles. The van der Waals surface area contributed by atoms with Crippen molar-refractivity contribution in [2.45, 2.75) is 26.8 Å². The number of nitrogens with one attached hydrogen (secondary N) is 2. The molecule has 0 fully saturated rings. The summed E-state index contributed by atoms with van der Waals surface area (Å²) in [4.78, 5) is 8.31. The first-order valence-corrected chi connectivity index (χ1v) is 6.70. The molecule has 7 heteroatoms. The molecule has 2 aromatic rings. The van der Waals surface area contributed by atoms with Crippen molar-refractivity contribution >= 4 is 28.5 Å². The summed E-state index contributed by atoms with van der Waals surface area (Å²) in [5, 5.41) is 11.1. The van der Waals surface area contributed by atoms with Crippen molar-refractivity contribution in [3.8, 4) is 0 Å². The largest absolute Gasteiger partial charge is 0.380 e. The summed E-state index contributed by atoms with van der Waals surface area (Å²) in [5.74, 6) is 1.09. The van der Waals surface area contributed by atoms with Gasteiger partial charge in [0.05, 0.1) is 24.2 Å². The fourth-order valence-corrected chi connectivity index (χ4v) is 1.91. The lowest BCUT2D eigenvalue weighted by Crippen LogP contribution is -2.31. The minimum Gasteiger partial charge on any atom is -0.380 e. The number of nitrogens with zero attached hydrogens (tertiary/aromatic N) is 3. The summed E-state index contributed by atoms with van der Waals surface area (Å²) < 4.78 is 5.49. The first-order chi connectivity index (χ1) is 9.11. The Kier molecular flexibility index (Phi) is 4.55. The van der Waals surface area contributed by atoms with Crippen LogP contribution in [0.2, 0.25) is 5.28 Å². The van der Waals surface area contributed by atoms with Gasteiger partial charge in [0.15, 0.2) is 5.65 Å². The van der Waals surface area contributed by atoms with Gasteiger partial charge in [0.1, 0.15) is 5.82 Å². The van der Waals surface area contributed by atoms with Gasteiger partial charge in [-0.25, -0.2) is 0 Å². The average Bonchev–Trinajstić information content (AvgIpc) is 2.81. The summed E-state index contributed by atoms with van der Waals surface area (Å²) >= 11 is 5.91. The van der Waals surface area contributed by atoms with Crippen molar-refractivity contribution in [2.75, 3.05) is 18.5 Å². The highest BCUT2D eigenvalue weighted by Gasteiger charge is 2.17. The Hall–Kier alpha value is -1.40. The minimum absolute atomic E-state index is 0.156. The molecule has 0 aliphatic carbocycles. The molecule has 0 amide bonds. The number of anilines is 1. The van der Waals surface area contributed by atoms with Crippen molar-refractivity contribution in [1.29, 1.82) is 0 Å². The van der Waals surface area contributed by atoms with Crippen LogP contribution in [0.25, 0.3) is 11.0 Å². The molecule has 1 unspecified atom stereocenters. The molecule has 0 saturated carbocycles. The van der Waals surface area contributed by atoms with E-state index in [0.29, 0.717) is 30.6 Å². The van der Waals surface area contributed by atoms with E-state index < -0.39 is 0 Å². The van der Waals surface area contributed by atoms with Crippen LogP contribution >= 0.6 is 11.6 Å². The first-order valence-electron chi connectivity index (χ1n) is 6.32. The molecule has 0 aliphatic heterocycles. The molecule has 2 rings (SSSR count). The van der Waals surface area contributed by atoms with Crippen LogP contribution in [-0.4, -0.2) is 39.4 Å². The van der Waals surface area contributed by atoms with E-state index in [4.69, 9.17) is 16.3 Å². The van der Waals surface area contributed by atoms with Gasteiger partial charge in [-0.15, -0.1) is 0 Å². The van der Waals surface area contributed by atoms with E-state index in [1.54, 1.807) is 6.20 Å². The Morgan fingerprint density at radius 3 is 2.89 bits per heavy atom. The molecule has 0 aliphatic rings. The standard InChI is InChI=1S/C12H18ClN5O/c1-4-19-6-9(7(2)3)15-10-8-5-14-18-11(8)17-12(13)16-10/h5,7,9H,4,6H2,1-3H3,(H2,14,15,16,17,18). The molecule has 0 spiro atoms. The number of hydrogen-bond donors (Lipinski definition) is 2. The molecule has 6 nitrogen and oxygen atoms in total. The molecule has 2 heterocycles. The van der Waals surface area contributed by atoms with Gasteiger partial charge in [-0.2, -0.15) is 15.1 Å². The maximum atomic E-state index is 5.91. The second-order valence-electron chi connectivity index (χ2n) is 4.63. The number of rotatable bonds is 6. The van der Waals surface area contributed by atoms with Crippen LogP contribution < -0.4 is 5.32 Å². The van der Waals surface area contributed by atoms with E-state index >= 15 is 0 Å². The third kappa shape index (κ3) is 3.33. The maximum absolute atomic E-state index is 5.91. The van der Waals surface area contributed by atoms with Crippen LogP contribution in [0.1, 0.15) is 20.8 Å². The van der Waals surface area contributed by atoms with Gasteiger partial charge in [0.25, 0.3) is 0 Å². The summed E-state index contributed by atoms with van der Waals surface area (Å²) in [6.45, 7) is 7.55. The normalized spacial score (nSPS) is 13.1. The predicted octanol–water partition coefficient (Wildman–Crippen LogP) is 2.48. The van der Waals surface area contributed by atoms with Gasteiger partial charge in [0, 0.05) is 6.61 Å². The summed E-state index contributed by atoms with van der Waals surface area (Å²) in [7, 11) is 0. The molecule has 0 saturated heterocycles. The van der Waals surface area contributed by atoms with Crippen molar-refractivity contribution < 1.29 is 4.74 Å². The van der Waals surface area contributed by atoms with Gasteiger partial charge in [-0.05, 0) is 24.4 Å². The van der Waals surface area contributed by atoms with E-state index in [-0.39, 0.29) is 11.3 Å². The summed E-state index contributed by atoms with van der Waals surface area (Å²) in [6, 6.07) is 0.156. The molecule has 104 valence electrons. The Balaban J connectivity index is 2.25. The number of hydrogen-bond acceptors (Lipinski definition) is 5. The Morgan fingerprint density at radius 1 is 1.42 bits per heavy atom. The van der Waals surface area contributed by atoms with Crippen molar-refractivity contribution in [3.05, 3.63) is 11.5 Å². The SMILES string of the molecule is CCOCC(Nc1nc(Cl)nc2[nH]ncc12)C(C)C. The first kappa shape index (κ1) is 14.0. The lowest BCUT2D eigenvalue weighted by molar-refractivity contribution is 0.126. The number of H-pyrrole nitrogens is 1. The van der Waals surface area contributed by atoms with Crippen molar-refractivity contribution in [2.24, 2.45) is 5.92 Å². The molecule has 19 heavy (non-hydrogen) atoms. The van der Waals surface area contributed by atoms with E-state index in [1.807, 2.05) is 6.92 Å². The van der Waals surface area contributed by atoms with Crippen LogP contribution in [0.5, 0.6) is 0 Å². The topological polar surface area (TPSA) is 75.7 Å². The number of ether oxygens (including phenoxy) is 1. The highest BCUT2D eigenvalue weighted by atomic mass is 35.5. The Morgan fingerprint density at radius 2 is 2.21 bits per heavy atom. The quantitative estimate of drug-likeness (QED) is 0.797. The molecule has 0 radical (unpaired) electrons. The number of aromatic nitrogens is 4. The van der Waals surface area contributed by atoms with Crippen LogP contribution in [0.4, 0.5) is 5.82 Å². The lowest BCUT2D eigenvalue weighted by Gasteiger charge is -2.22. The number of aromatic amines is 1. The van der Waals surface area contributed by atoms with Gasteiger partial charge < -0.3 is 10.1 Å². The van der Waals surface area contributed by atoms with Crippen molar-refractivity contribution in [3.63, 3.8) is 0 Å². The molecule has 1 atom stereocenters. The van der Waals surface area contributed by atoms with Gasteiger partial charge >= 0.3 is 0 Å². The molecule has 2 N–H and O–H groups in total. The molecule has 0 bridgehead atoms. The molecular weight excluding hydrogens is 266 g/mol. The second-order valence-corrected chi connectivity index (χ2v) is 4.97. The van der Waals surface area contributed by atoms with E-state index in [2.05, 4.69) is 39.3 Å². The third-order valence-electron chi connectivity index (χ3n) is 2.91. The zero-order chi connectivity index (χ0) is 13.8. The number of halogens is 1. The third-order valence-corrected chi connectivity index (χ3v) is 3.08. The monoisotopic (exact) mass is 283 g/mol. The zero-order valence-electron chi connectivity index (χ0n) is 11.3. The van der Waals surface area contributed by atoms with Gasteiger partial charge in [0.2, 0.25) is 5.28 Å². The average molecular weight is 284 g/mol. The van der Waals surface area contributed by atoms with E-state index in [0.717, 1.165) is 5.39 Å². The Bertz CT molecular complexity index is 542. The summed E-state index contributed by atoms with van der Waals surface area (Å²) in [5.41, 5.74) is 0.626. The fraction of sp³-hybridized carbons (Fsp3) is 0.583. The van der Waals surface area contributed by atoms with Crippen LogP contribution in [0, 0.1) is 5.92 Å². The highest BCUT2D eigenvalue weighted by molar-refractivity contribution is 6.28. The lowest BCUT2D eigenvalue weighted by atomic mass is 10.1. The second kappa shape index (κ2) is 6.16. The van der Waals surface area contributed by atoms with Crippen molar-refractivity contribution in [1.82, 2.24) is 20.2 Å². The van der Waals surface area contributed by atoms with E-state index in [9.17, 15) is 0 Å². The molecule has 2 aromatic heterocycles. The van der Waals surface area contributed by atoms with Gasteiger partial charge in [-0.3, -0.25) is 5.10 Å². The van der Waals surface area contributed by atoms with Crippen LogP contribution in [0.15, 0.2) is 6.20 Å². The zero-order valence-corrected chi connectivity index (χ0v) is 12.0. The molecular formula is C12H18ClN5O. The smallest absolute Gasteiger partial charge is 0.226 e. The predicted molar refractivity (Wildman–Crippen MR) is 75.4 cm³/mol. The number of fused-ring (bicyclic) bond motifs is 1. The fourth-order valence-electron chi connectivity index (χ4n) is 1.74.